The van der Waals surface area contributed by atoms with Crippen molar-refractivity contribution >= 4 is 11.8 Å². The number of hydrogen-bond donors (Lipinski definition) is 0. The molecular formula is C12H17FN2O2. The topological polar surface area (TPSA) is 42.4 Å². The molecule has 0 amide bonds. The third kappa shape index (κ3) is 4.01. The van der Waals surface area contributed by atoms with Crippen molar-refractivity contribution in [2.75, 3.05) is 24.6 Å². The molecule has 0 aliphatic carbocycles. The Hall–Kier alpha value is -1.65. The molecule has 0 bridgehead atoms. The summed E-state index contributed by atoms with van der Waals surface area (Å²) in [5, 5.41) is 0. The van der Waals surface area contributed by atoms with Crippen molar-refractivity contribution in [1.29, 1.82) is 0 Å². The van der Waals surface area contributed by atoms with Crippen LogP contribution in [0.4, 0.5) is 10.2 Å². The van der Waals surface area contributed by atoms with Crippen LogP contribution >= 0.6 is 0 Å². The van der Waals surface area contributed by atoms with E-state index in [-0.39, 0.29) is 18.3 Å². The van der Waals surface area contributed by atoms with Crippen molar-refractivity contribution < 1.29 is 13.9 Å². The molecule has 0 aliphatic heterocycles. The van der Waals surface area contributed by atoms with Crippen LogP contribution in [-0.2, 0) is 9.53 Å². The molecule has 1 aromatic heterocycles. The SMILES string of the molecule is CCCN(CC(=O)OCC)c1ncccc1F. The van der Waals surface area contributed by atoms with Gasteiger partial charge in [-0.1, -0.05) is 6.92 Å². The predicted molar refractivity (Wildman–Crippen MR) is 63.3 cm³/mol. The number of pyridine rings is 1. The first-order valence-corrected chi connectivity index (χ1v) is 5.70. The fraction of sp³-hybridized carbons (Fsp3) is 0.500. The summed E-state index contributed by atoms with van der Waals surface area (Å²) in [5.41, 5.74) is 0. The van der Waals surface area contributed by atoms with E-state index >= 15 is 0 Å². The lowest BCUT2D eigenvalue weighted by molar-refractivity contribution is -0.141. The highest BCUT2D eigenvalue weighted by Gasteiger charge is 2.15. The van der Waals surface area contributed by atoms with Gasteiger partial charge in [0.1, 0.15) is 6.54 Å². The third-order valence-electron chi connectivity index (χ3n) is 2.16. The predicted octanol–water partition coefficient (Wildman–Crippen LogP) is 2.00. The maximum atomic E-state index is 13.5. The molecule has 1 heterocycles. The number of rotatable bonds is 6. The van der Waals surface area contributed by atoms with Gasteiger partial charge in [0.2, 0.25) is 0 Å². The second-order valence-corrected chi connectivity index (χ2v) is 3.54. The average Bonchev–Trinajstić information content (AvgIpc) is 2.29. The molecule has 0 aromatic carbocycles. The van der Waals surface area contributed by atoms with E-state index in [1.807, 2.05) is 6.92 Å². The molecule has 17 heavy (non-hydrogen) atoms. The molecule has 94 valence electrons. The molecule has 0 radical (unpaired) electrons. The minimum atomic E-state index is -0.426. The van der Waals surface area contributed by atoms with Crippen LogP contribution in [0, 0.1) is 5.82 Å². The Labute approximate surface area is 100 Å². The van der Waals surface area contributed by atoms with Gasteiger partial charge in [-0.2, -0.15) is 0 Å². The lowest BCUT2D eigenvalue weighted by Gasteiger charge is -2.22. The molecular weight excluding hydrogens is 223 g/mol. The molecule has 4 nitrogen and oxygen atoms in total. The Morgan fingerprint density at radius 3 is 2.88 bits per heavy atom. The summed E-state index contributed by atoms with van der Waals surface area (Å²) in [5.74, 6) is -0.598. The molecule has 0 aliphatic rings. The van der Waals surface area contributed by atoms with Gasteiger partial charge in [-0.05, 0) is 25.5 Å². The van der Waals surface area contributed by atoms with E-state index in [0.29, 0.717) is 13.2 Å². The average molecular weight is 240 g/mol. The Morgan fingerprint density at radius 2 is 2.29 bits per heavy atom. The number of nitrogens with zero attached hydrogens (tertiary/aromatic N) is 2. The van der Waals surface area contributed by atoms with Crippen LogP contribution in [0.5, 0.6) is 0 Å². The molecule has 1 rings (SSSR count). The van der Waals surface area contributed by atoms with Gasteiger partial charge in [-0.25, -0.2) is 9.37 Å². The van der Waals surface area contributed by atoms with Gasteiger partial charge >= 0.3 is 5.97 Å². The summed E-state index contributed by atoms with van der Waals surface area (Å²) in [6.07, 6.45) is 2.31. The Kier molecular flexibility index (Phi) is 5.39. The van der Waals surface area contributed by atoms with Crippen molar-refractivity contribution in [3.8, 4) is 0 Å². The summed E-state index contributed by atoms with van der Waals surface area (Å²) in [7, 11) is 0. The second-order valence-electron chi connectivity index (χ2n) is 3.54. The zero-order chi connectivity index (χ0) is 12.7. The first kappa shape index (κ1) is 13.4. The molecule has 0 unspecified atom stereocenters. The standard InChI is InChI=1S/C12H17FN2O2/c1-3-8-15(9-11(16)17-4-2)12-10(13)6-5-7-14-12/h5-7H,3-4,8-9H2,1-2H3. The maximum absolute atomic E-state index is 13.5. The van der Waals surface area contributed by atoms with Crippen LogP contribution in [0.1, 0.15) is 20.3 Å². The zero-order valence-electron chi connectivity index (χ0n) is 10.1. The van der Waals surface area contributed by atoms with Crippen LogP contribution in [-0.4, -0.2) is 30.6 Å². The van der Waals surface area contributed by atoms with Crippen molar-refractivity contribution in [1.82, 2.24) is 4.98 Å². The molecule has 0 saturated carbocycles. The molecule has 5 heteroatoms. The summed E-state index contributed by atoms with van der Waals surface area (Å²) in [6, 6.07) is 2.85. The minimum absolute atomic E-state index is 0.0234. The Bertz CT molecular complexity index is 371. The fourth-order valence-electron chi connectivity index (χ4n) is 1.50. The van der Waals surface area contributed by atoms with Crippen molar-refractivity contribution in [3.05, 3.63) is 24.1 Å². The number of esters is 1. The van der Waals surface area contributed by atoms with Crippen LogP contribution < -0.4 is 4.90 Å². The number of carbonyl (C=O) groups excluding carboxylic acids is 1. The molecule has 0 N–H and O–H groups in total. The minimum Gasteiger partial charge on any atom is -0.465 e. The number of carbonyl (C=O) groups is 1. The second kappa shape index (κ2) is 6.83. The summed E-state index contributed by atoms with van der Waals surface area (Å²) in [4.78, 5) is 16.9. The van der Waals surface area contributed by atoms with Crippen molar-refractivity contribution in [2.45, 2.75) is 20.3 Å². The van der Waals surface area contributed by atoms with Crippen LogP contribution in [0.2, 0.25) is 0 Å². The van der Waals surface area contributed by atoms with Gasteiger partial charge in [-0.3, -0.25) is 4.79 Å². The Balaban J connectivity index is 2.78. The monoisotopic (exact) mass is 240 g/mol. The highest BCUT2D eigenvalue weighted by molar-refractivity contribution is 5.75. The van der Waals surface area contributed by atoms with Gasteiger partial charge in [0.25, 0.3) is 0 Å². The highest BCUT2D eigenvalue weighted by atomic mass is 19.1. The normalized spacial score (nSPS) is 10.1. The number of ether oxygens (including phenoxy) is 1. The lowest BCUT2D eigenvalue weighted by atomic mass is 10.3. The van der Waals surface area contributed by atoms with Gasteiger partial charge in [0, 0.05) is 12.7 Å². The first-order valence-electron chi connectivity index (χ1n) is 5.70. The van der Waals surface area contributed by atoms with E-state index in [4.69, 9.17) is 4.74 Å². The van der Waals surface area contributed by atoms with Crippen LogP contribution in [0.15, 0.2) is 18.3 Å². The zero-order valence-corrected chi connectivity index (χ0v) is 10.1. The van der Waals surface area contributed by atoms with Gasteiger partial charge in [0.15, 0.2) is 11.6 Å². The highest BCUT2D eigenvalue weighted by Crippen LogP contribution is 2.15. The number of aromatic nitrogens is 1. The van der Waals surface area contributed by atoms with Gasteiger partial charge in [-0.15, -0.1) is 0 Å². The molecule has 0 spiro atoms. The quantitative estimate of drug-likeness (QED) is 0.713. The first-order chi connectivity index (χ1) is 8.19. The van der Waals surface area contributed by atoms with Crippen molar-refractivity contribution in [3.63, 3.8) is 0 Å². The summed E-state index contributed by atoms with van der Waals surface area (Å²) < 4.78 is 18.4. The molecule has 0 atom stereocenters. The van der Waals surface area contributed by atoms with Crippen LogP contribution in [0.3, 0.4) is 0 Å². The smallest absolute Gasteiger partial charge is 0.325 e. The Morgan fingerprint density at radius 1 is 1.53 bits per heavy atom. The van der Waals surface area contributed by atoms with Gasteiger partial charge in [0.05, 0.1) is 6.61 Å². The van der Waals surface area contributed by atoms with E-state index in [2.05, 4.69) is 4.98 Å². The third-order valence-corrected chi connectivity index (χ3v) is 2.16. The van der Waals surface area contributed by atoms with Crippen LogP contribution in [0.25, 0.3) is 0 Å². The number of hydrogen-bond acceptors (Lipinski definition) is 4. The van der Waals surface area contributed by atoms with E-state index < -0.39 is 5.82 Å². The van der Waals surface area contributed by atoms with E-state index in [1.54, 1.807) is 11.8 Å². The summed E-state index contributed by atoms with van der Waals surface area (Å²) in [6.45, 7) is 4.61. The van der Waals surface area contributed by atoms with E-state index in [1.165, 1.54) is 18.3 Å². The van der Waals surface area contributed by atoms with E-state index in [0.717, 1.165) is 6.42 Å². The molecule has 0 fully saturated rings. The largest absolute Gasteiger partial charge is 0.465 e. The molecule has 0 saturated heterocycles. The summed E-state index contributed by atoms with van der Waals surface area (Å²) >= 11 is 0. The van der Waals surface area contributed by atoms with E-state index in [9.17, 15) is 9.18 Å². The van der Waals surface area contributed by atoms with Crippen molar-refractivity contribution in [2.24, 2.45) is 0 Å². The number of anilines is 1. The van der Waals surface area contributed by atoms with Gasteiger partial charge < -0.3 is 9.64 Å². The fourth-order valence-corrected chi connectivity index (χ4v) is 1.50. The molecule has 1 aromatic rings. The lowest BCUT2D eigenvalue weighted by Crippen LogP contribution is -2.33. The number of halogens is 1. The maximum Gasteiger partial charge on any atom is 0.325 e.